The molecule has 0 saturated carbocycles. The number of hydrogen-bond acceptors (Lipinski definition) is 3. The number of nitriles is 1. The minimum absolute atomic E-state index is 0.0355. The number of alkyl halides is 5. The number of rotatable bonds is 1. The lowest BCUT2D eigenvalue weighted by Gasteiger charge is -2.26. The van der Waals surface area contributed by atoms with Crippen molar-refractivity contribution in [2.45, 2.75) is 8.13 Å². The van der Waals surface area contributed by atoms with Gasteiger partial charge in [0.1, 0.15) is 11.8 Å². The zero-order valence-corrected chi connectivity index (χ0v) is 11.0. The molecule has 0 aliphatic heterocycles. The monoisotopic (exact) mass is 306 g/mol. The van der Waals surface area contributed by atoms with Crippen molar-refractivity contribution in [2.24, 2.45) is 7.05 Å². The van der Waals surface area contributed by atoms with Gasteiger partial charge in [0, 0.05) is 7.05 Å². The predicted octanol–water partition coefficient (Wildman–Crippen LogP) is 2.69. The second-order valence-corrected chi connectivity index (χ2v) is 6.20. The smallest absolute Gasteiger partial charge is 0.228 e. The largest absolute Gasteiger partial charge is 0.248 e. The zero-order valence-electron chi connectivity index (χ0n) is 7.18. The third kappa shape index (κ3) is 2.27. The normalized spacial score (nSPS) is 12.6. The van der Waals surface area contributed by atoms with Crippen LogP contribution in [0.2, 0.25) is 0 Å². The quantitative estimate of drug-likeness (QED) is 0.750. The second-order valence-electron chi connectivity index (χ2n) is 2.59. The van der Waals surface area contributed by atoms with E-state index in [0.717, 1.165) is 0 Å². The van der Waals surface area contributed by atoms with Crippen molar-refractivity contribution in [3.8, 4) is 6.07 Å². The Kier molecular flexibility index (Phi) is 3.64. The predicted molar refractivity (Wildman–Crippen MR) is 59.4 cm³/mol. The Morgan fingerprint density at radius 3 is 2.20 bits per heavy atom. The summed E-state index contributed by atoms with van der Waals surface area (Å²) in [7, 11) is 1.49. The number of hydrogen-bond donors (Lipinski definition) is 0. The van der Waals surface area contributed by atoms with Crippen LogP contribution in [-0.4, -0.2) is 18.8 Å². The molecule has 1 aromatic rings. The van der Waals surface area contributed by atoms with Crippen molar-refractivity contribution in [2.75, 3.05) is 0 Å². The Morgan fingerprint density at radius 1 is 1.27 bits per heavy atom. The summed E-state index contributed by atoms with van der Waals surface area (Å²) in [5.41, 5.74) is -0.0536. The fourth-order valence-electron chi connectivity index (χ4n) is 0.919. The van der Waals surface area contributed by atoms with Crippen molar-refractivity contribution in [3.05, 3.63) is 11.4 Å². The fraction of sp³-hybridized carbons (Fsp3) is 0.500. The number of aryl methyl sites for hydroxylation is 1. The topological polar surface area (TPSA) is 54.5 Å². The van der Waals surface area contributed by atoms with E-state index in [0.29, 0.717) is 0 Å². The molecular weight excluding hydrogens is 305 g/mol. The van der Waals surface area contributed by atoms with E-state index in [-0.39, 0.29) is 11.4 Å². The van der Waals surface area contributed by atoms with Crippen LogP contribution >= 0.6 is 58.0 Å². The molecule has 0 saturated heterocycles. The van der Waals surface area contributed by atoms with Crippen molar-refractivity contribution in [1.82, 2.24) is 15.0 Å². The van der Waals surface area contributed by atoms with E-state index in [2.05, 4.69) is 10.3 Å². The van der Waals surface area contributed by atoms with E-state index in [1.807, 2.05) is 0 Å². The maximum atomic E-state index is 8.75. The van der Waals surface area contributed by atoms with Gasteiger partial charge in [-0.15, -0.1) is 5.10 Å². The highest BCUT2D eigenvalue weighted by atomic mass is 35.6. The van der Waals surface area contributed by atoms with Crippen LogP contribution in [0.3, 0.4) is 0 Å². The van der Waals surface area contributed by atoms with Crippen LogP contribution in [0.4, 0.5) is 0 Å². The van der Waals surface area contributed by atoms with Gasteiger partial charge in [-0.2, -0.15) is 5.26 Å². The van der Waals surface area contributed by atoms with Gasteiger partial charge in [-0.25, -0.2) is 4.68 Å². The van der Waals surface area contributed by atoms with Crippen molar-refractivity contribution in [1.29, 1.82) is 5.26 Å². The maximum absolute atomic E-state index is 8.75. The highest BCUT2D eigenvalue weighted by Crippen LogP contribution is 2.53. The summed E-state index contributed by atoms with van der Waals surface area (Å²) in [6.07, 6.45) is 0. The van der Waals surface area contributed by atoms with Crippen LogP contribution in [0, 0.1) is 11.3 Å². The zero-order chi connectivity index (χ0) is 11.9. The van der Waals surface area contributed by atoms with Gasteiger partial charge in [0.15, 0.2) is 5.69 Å². The van der Waals surface area contributed by atoms with Crippen LogP contribution < -0.4 is 0 Å². The van der Waals surface area contributed by atoms with E-state index in [1.54, 1.807) is 6.07 Å². The summed E-state index contributed by atoms with van der Waals surface area (Å²) in [6.45, 7) is 0. The molecule has 0 fully saturated rings. The minimum atomic E-state index is -2.00. The standard InChI is InChI=1S/C6H3Cl5N4/c1-15-4(3(2-12)13-14-15)5(7,8)6(9,10)11/h1H3. The van der Waals surface area contributed by atoms with Gasteiger partial charge < -0.3 is 0 Å². The molecule has 0 radical (unpaired) electrons. The first-order chi connectivity index (χ1) is 6.71. The van der Waals surface area contributed by atoms with Crippen LogP contribution in [-0.2, 0) is 11.4 Å². The van der Waals surface area contributed by atoms with Crippen LogP contribution in [0.15, 0.2) is 0 Å². The Morgan fingerprint density at radius 2 is 1.80 bits per heavy atom. The third-order valence-electron chi connectivity index (χ3n) is 1.59. The van der Waals surface area contributed by atoms with Crippen LogP contribution in [0.25, 0.3) is 0 Å². The molecule has 1 rings (SSSR count). The molecule has 0 aliphatic carbocycles. The van der Waals surface area contributed by atoms with Crippen molar-refractivity contribution < 1.29 is 0 Å². The lowest BCUT2D eigenvalue weighted by molar-refractivity contribution is 0.651. The van der Waals surface area contributed by atoms with E-state index in [1.165, 1.54) is 11.7 Å². The number of halogens is 5. The molecule has 0 unspecified atom stereocenters. The van der Waals surface area contributed by atoms with E-state index in [4.69, 9.17) is 63.3 Å². The van der Waals surface area contributed by atoms with Crippen LogP contribution in [0.1, 0.15) is 11.4 Å². The molecule has 0 amide bonds. The third-order valence-corrected chi connectivity index (χ3v) is 3.94. The fourth-order valence-corrected chi connectivity index (χ4v) is 1.61. The first-order valence-corrected chi connectivity index (χ1v) is 5.35. The average molecular weight is 308 g/mol. The van der Waals surface area contributed by atoms with Crippen molar-refractivity contribution >= 4 is 58.0 Å². The van der Waals surface area contributed by atoms with Crippen molar-refractivity contribution in [3.63, 3.8) is 0 Å². The average Bonchev–Trinajstić information content (AvgIpc) is 2.44. The second kappa shape index (κ2) is 4.15. The maximum Gasteiger partial charge on any atom is 0.228 e. The van der Waals surface area contributed by atoms with Gasteiger partial charge in [0.05, 0.1) is 0 Å². The molecule has 0 atom stereocenters. The molecule has 1 aromatic heterocycles. The van der Waals surface area contributed by atoms with E-state index < -0.39 is 8.13 Å². The summed E-state index contributed by atoms with van der Waals surface area (Å²) in [6, 6.07) is 1.76. The molecule has 0 N–H and O–H groups in total. The Labute approximate surface area is 111 Å². The molecule has 15 heavy (non-hydrogen) atoms. The molecule has 82 valence electrons. The van der Waals surface area contributed by atoms with Gasteiger partial charge in [0.2, 0.25) is 8.13 Å². The Balaban J connectivity index is 3.40. The Hall–Kier alpha value is 0.0800. The van der Waals surface area contributed by atoms with Gasteiger partial charge in [-0.05, 0) is 0 Å². The summed E-state index contributed by atoms with van der Waals surface area (Å²) in [5.74, 6) is 0. The molecular formula is C6H3Cl5N4. The minimum Gasteiger partial charge on any atom is -0.248 e. The van der Waals surface area contributed by atoms with Gasteiger partial charge >= 0.3 is 0 Å². The number of aromatic nitrogens is 3. The first kappa shape index (κ1) is 13.1. The highest BCUT2D eigenvalue weighted by molar-refractivity contribution is 6.75. The summed E-state index contributed by atoms with van der Waals surface area (Å²) in [5, 5.41) is 15.8. The SMILES string of the molecule is Cn1nnc(C#N)c1C(Cl)(Cl)C(Cl)(Cl)Cl. The van der Waals surface area contributed by atoms with E-state index >= 15 is 0 Å². The summed E-state index contributed by atoms with van der Waals surface area (Å²) < 4.78 is -2.72. The molecule has 0 spiro atoms. The summed E-state index contributed by atoms with van der Waals surface area (Å²) in [4.78, 5) is 0. The highest BCUT2D eigenvalue weighted by Gasteiger charge is 2.51. The van der Waals surface area contributed by atoms with E-state index in [9.17, 15) is 0 Å². The number of nitrogens with zero attached hydrogens (tertiary/aromatic N) is 4. The molecule has 0 bridgehead atoms. The van der Waals surface area contributed by atoms with Gasteiger partial charge in [-0.1, -0.05) is 63.2 Å². The molecule has 0 aliphatic rings. The Bertz CT molecular complexity index is 412. The molecule has 0 aromatic carbocycles. The lowest BCUT2D eigenvalue weighted by atomic mass is 10.2. The molecule has 4 nitrogen and oxygen atoms in total. The molecule has 1 heterocycles. The first-order valence-electron chi connectivity index (χ1n) is 3.46. The van der Waals surface area contributed by atoms with Gasteiger partial charge in [-0.3, -0.25) is 0 Å². The lowest BCUT2D eigenvalue weighted by Crippen LogP contribution is -2.31. The summed E-state index contributed by atoms with van der Waals surface area (Å²) >= 11 is 28.6. The van der Waals surface area contributed by atoms with Crippen LogP contribution in [0.5, 0.6) is 0 Å². The molecule has 9 heteroatoms. The van der Waals surface area contributed by atoms with Gasteiger partial charge in [0.25, 0.3) is 0 Å².